The number of thiophene rings is 1. The molecule has 0 saturated carbocycles. The van der Waals surface area contributed by atoms with Crippen molar-refractivity contribution < 1.29 is 14.7 Å². The van der Waals surface area contributed by atoms with Gasteiger partial charge in [-0.1, -0.05) is 36.4 Å². The predicted octanol–water partition coefficient (Wildman–Crippen LogP) is 2.34. The molecule has 0 spiro atoms. The average molecular weight is 346 g/mol. The van der Waals surface area contributed by atoms with Gasteiger partial charge in [0.2, 0.25) is 11.8 Å². The van der Waals surface area contributed by atoms with E-state index in [1.807, 2.05) is 47.8 Å². The molecule has 1 atom stereocenters. The Morgan fingerprint density at radius 1 is 1.21 bits per heavy atom. The van der Waals surface area contributed by atoms with Crippen molar-refractivity contribution in [1.29, 1.82) is 0 Å². The molecule has 5 nitrogen and oxygen atoms in total. The van der Waals surface area contributed by atoms with Crippen LogP contribution in [-0.2, 0) is 16.1 Å². The lowest BCUT2D eigenvalue weighted by molar-refractivity contribution is -0.133. The van der Waals surface area contributed by atoms with E-state index in [0.29, 0.717) is 6.54 Å². The van der Waals surface area contributed by atoms with Gasteiger partial charge < -0.3 is 15.3 Å². The number of nitrogens with one attached hydrogen (secondary N) is 1. The van der Waals surface area contributed by atoms with Gasteiger partial charge >= 0.3 is 0 Å². The highest BCUT2D eigenvalue weighted by Crippen LogP contribution is 2.23. The van der Waals surface area contributed by atoms with E-state index in [1.165, 1.54) is 18.3 Å². The zero-order valence-electron chi connectivity index (χ0n) is 13.6. The Morgan fingerprint density at radius 2 is 1.96 bits per heavy atom. The van der Waals surface area contributed by atoms with E-state index in [4.69, 9.17) is 0 Å². The first-order valence-corrected chi connectivity index (χ1v) is 8.71. The van der Waals surface area contributed by atoms with E-state index < -0.39 is 0 Å². The second kappa shape index (κ2) is 9.20. The number of carbonyl (C=O) groups excluding carboxylic acids is 2. The van der Waals surface area contributed by atoms with E-state index in [0.717, 1.165) is 10.4 Å². The molecule has 2 N–H and O–H groups in total. The Hall–Kier alpha value is -2.18. The lowest BCUT2D eigenvalue weighted by atomic mass is 10.1. The van der Waals surface area contributed by atoms with Crippen LogP contribution in [0, 0.1) is 0 Å². The number of rotatable bonds is 8. The molecule has 0 bridgehead atoms. The maximum Gasteiger partial charge on any atom is 0.225 e. The standard InChI is InChI=1S/C18H22N2O3S/c1-14(22)19-16(17-8-5-11-24-17)12-18(23)20(9-10-21)13-15-6-3-2-4-7-15/h2-8,11,16,21H,9-10,12-13H2,1H3,(H,19,22). The molecule has 2 rings (SSSR count). The van der Waals surface area contributed by atoms with Crippen LogP contribution in [0.2, 0.25) is 0 Å². The molecule has 0 aliphatic rings. The average Bonchev–Trinajstić information content (AvgIpc) is 3.09. The lowest BCUT2D eigenvalue weighted by Gasteiger charge is -2.25. The van der Waals surface area contributed by atoms with Crippen molar-refractivity contribution in [1.82, 2.24) is 10.2 Å². The summed E-state index contributed by atoms with van der Waals surface area (Å²) in [5.74, 6) is -0.266. The molecule has 0 aliphatic carbocycles. The zero-order chi connectivity index (χ0) is 17.4. The Balaban J connectivity index is 2.08. The summed E-state index contributed by atoms with van der Waals surface area (Å²) < 4.78 is 0. The largest absolute Gasteiger partial charge is 0.395 e. The second-order valence-corrected chi connectivity index (χ2v) is 6.48. The first-order valence-electron chi connectivity index (χ1n) is 7.83. The molecule has 0 aliphatic heterocycles. The molecular formula is C18H22N2O3S. The van der Waals surface area contributed by atoms with E-state index in [9.17, 15) is 14.7 Å². The molecule has 24 heavy (non-hydrogen) atoms. The smallest absolute Gasteiger partial charge is 0.225 e. The lowest BCUT2D eigenvalue weighted by Crippen LogP contribution is -2.36. The van der Waals surface area contributed by atoms with Gasteiger partial charge in [0.25, 0.3) is 0 Å². The number of hydrogen-bond acceptors (Lipinski definition) is 4. The number of hydrogen-bond donors (Lipinski definition) is 2. The minimum absolute atomic E-state index is 0.0949. The summed E-state index contributed by atoms with van der Waals surface area (Å²) in [4.78, 5) is 26.7. The van der Waals surface area contributed by atoms with Gasteiger partial charge in [0.05, 0.1) is 19.1 Å². The zero-order valence-corrected chi connectivity index (χ0v) is 14.5. The number of amides is 2. The highest BCUT2D eigenvalue weighted by atomic mass is 32.1. The molecule has 2 aromatic rings. The quantitative estimate of drug-likeness (QED) is 0.771. The van der Waals surface area contributed by atoms with Crippen molar-refractivity contribution in [2.75, 3.05) is 13.2 Å². The summed E-state index contributed by atoms with van der Waals surface area (Å²) in [6.45, 7) is 2.06. The van der Waals surface area contributed by atoms with E-state index >= 15 is 0 Å². The molecule has 1 aromatic heterocycles. The van der Waals surface area contributed by atoms with Gasteiger partial charge in [0, 0.05) is 24.9 Å². The maximum atomic E-state index is 12.7. The summed E-state index contributed by atoms with van der Waals surface area (Å²) in [5, 5.41) is 14.0. The predicted molar refractivity (Wildman–Crippen MR) is 94.4 cm³/mol. The fourth-order valence-corrected chi connectivity index (χ4v) is 3.26. The summed E-state index contributed by atoms with van der Waals surface area (Å²) in [6.07, 6.45) is 0.174. The molecule has 0 radical (unpaired) electrons. The van der Waals surface area contributed by atoms with Gasteiger partial charge in [-0.3, -0.25) is 9.59 Å². The summed E-state index contributed by atoms with van der Waals surface area (Å²) >= 11 is 1.51. The first kappa shape index (κ1) is 18.2. The fraction of sp³-hybridized carbons (Fsp3) is 0.333. The van der Waals surface area contributed by atoms with Crippen LogP contribution in [0.1, 0.15) is 29.8 Å². The second-order valence-electron chi connectivity index (χ2n) is 5.50. The Bertz CT molecular complexity index is 644. The molecule has 128 valence electrons. The summed E-state index contributed by atoms with van der Waals surface area (Å²) in [7, 11) is 0. The molecule has 1 aromatic carbocycles. The Labute approximate surface area is 145 Å². The molecule has 0 saturated heterocycles. The Morgan fingerprint density at radius 3 is 2.54 bits per heavy atom. The third kappa shape index (κ3) is 5.47. The molecule has 1 unspecified atom stereocenters. The third-order valence-corrected chi connectivity index (χ3v) is 4.57. The third-order valence-electron chi connectivity index (χ3n) is 3.58. The van der Waals surface area contributed by atoms with Gasteiger partial charge in [0.1, 0.15) is 0 Å². The van der Waals surface area contributed by atoms with E-state index in [1.54, 1.807) is 4.90 Å². The van der Waals surface area contributed by atoms with Crippen LogP contribution in [0.15, 0.2) is 47.8 Å². The Kier molecular flexibility index (Phi) is 6.96. The minimum atomic E-state index is -0.341. The van der Waals surface area contributed by atoms with Crippen molar-refractivity contribution in [3.63, 3.8) is 0 Å². The van der Waals surface area contributed by atoms with Crippen LogP contribution in [0.3, 0.4) is 0 Å². The molecule has 6 heteroatoms. The van der Waals surface area contributed by atoms with Crippen molar-refractivity contribution in [3.05, 3.63) is 58.3 Å². The molecular weight excluding hydrogens is 324 g/mol. The highest BCUT2D eigenvalue weighted by Gasteiger charge is 2.22. The van der Waals surface area contributed by atoms with Crippen molar-refractivity contribution >= 4 is 23.2 Å². The minimum Gasteiger partial charge on any atom is -0.395 e. The van der Waals surface area contributed by atoms with Crippen LogP contribution in [0.25, 0.3) is 0 Å². The van der Waals surface area contributed by atoms with Gasteiger partial charge in [-0.05, 0) is 17.0 Å². The maximum absolute atomic E-state index is 12.7. The van der Waals surface area contributed by atoms with Gasteiger partial charge in [-0.15, -0.1) is 11.3 Å². The number of nitrogens with zero attached hydrogens (tertiary/aromatic N) is 1. The number of aliphatic hydroxyl groups is 1. The fourth-order valence-electron chi connectivity index (χ4n) is 2.48. The van der Waals surface area contributed by atoms with Crippen LogP contribution >= 0.6 is 11.3 Å². The van der Waals surface area contributed by atoms with Crippen LogP contribution < -0.4 is 5.32 Å². The number of aliphatic hydroxyl groups excluding tert-OH is 1. The highest BCUT2D eigenvalue weighted by molar-refractivity contribution is 7.10. The normalized spacial score (nSPS) is 11.8. The van der Waals surface area contributed by atoms with Crippen LogP contribution in [0.5, 0.6) is 0 Å². The molecule has 1 heterocycles. The van der Waals surface area contributed by atoms with Crippen molar-refractivity contribution in [2.24, 2.45) is 0 Å². The number of carbonyl (C=O) groups is 2. The van der Waals surface area contributed by atoms with Gasteiger partial charge in [0.15, 0.2) is 0 Å². The van der Waals surface area contributed by atoms with Gasteiger partial charge in [-0.25, -0.2) is 0 Å². The van der Waals surface area contributed by atoms with Gasteiger partial charge in [-0.2, -0.15) is 0 Å². The SMILES string of the molecule is CC(=O)NC(CC(=O)N(CCO)Cc1ccccc1)c1cccs1. The molecule has 2 amide bonds. The summed E-state index contributed by atoms with van der Waals surface area (Å²) in [5.41, 5.74) is 1.01. The number of benzene rings is 1. The van der Waals surface area contributed by atoms with E-state index in [-0.39, 0.29) is 37.4 Å². The van der Waals surface area contributed by atoms with Crippen molar-refractivity contribution in [3.8, 4) is 0 Å². The van der Waals surface area contributed by atoms with Crippen LogP contribution in [-0.4, -0.2) is 35.0 Å². The van der Waals surface area contributed by atoms with Crippen molar-refractivity contribution in [2.45, 2.75) is 25.9 Å². The molecule has 0 fully saturated rings. The topological polar surface area (TPSA) is 69.6 Å². The first-order chi connectivity index (χ1) is 11.6. The van der Waals surface area contributed by atoms with E-state index in [2.05, 4.69) is 5.32 Å². The summed E-state index contributed by atoms with van der Waals surface area (Å²) in [6, 6.07) is 13.1. The van der Waals surface area contributed by atoms with Crippen LogP contribution in [0.4, 0.5) is 0 Å². The monoisotopic (exact) mass is 346 g/mol.